The second-order valence-corrected chi connectivity index (χ2v) is 6.46. The van der Waals surface area contributed by atoms with Gasteiger partial charge in [-0.3, -0.25) is 0 Å². The average molecular weight is 298 g/mol. The number of hydrogen-bond acceptors (Lipinski definition) is 2. The van der Waals surface area contributed by atoms with Crippen LogP contribution in [0.3, 0.4) is 0 Å². The van der Waals surface area contributed by atoms with Crippen molar-refractivity contribution >= 4 is 20.9 Å². The van der Waals surface area contributed by atoms with E-state index in [0.717, 1.165) is 25.7 Å². The Hall–Kier alpha value is -1.40. The Kier molecular flexibility index (Phi) is 4.45. The number of hydrogen-bond donors (Lipinski definition) is 1. The van der Waals surface area contributed by atoms with Gasteiger partial charge in [-0.15, -0.1) is 0 Å². The summed E-state index contributed by atoms with van der Waals surface area (Å²) in [5.74, 6) is -0.557. The van der Waals surface area contributed by atoms with E-state index in [1.54, 1.807) is 16.7 Å². The van der Waals surface area contributed by atoms with E-state index in [9.17, 15) is 12.8 Å². The molecule has 6 heteroatoms. The molecule has 0 unspecified atom stereocenters. The summed E-state index contributed by atoms with van der Waals surface area (Å²) in [4.78, 5) is -0.138. The van der Waals surface area contributed by atoms with E-state index in [-0.39, 0.29) is 10.3 Å². The summed E-state index contributed by atoms with van der Waals surface area (Å²) in [6.45, 7) is 2.79. The van der Waals surface area contributed by atoms with Gasteiger partial charge in [0, 0.05) is 12.7 Å². The maximum Gasteiger partial charge on any atom is 0.240 e. The van der Waals surface area contributed by atoms with Crippen LogP contribution in [0.5, 0.6) is 0 Å². The molecule has 0 saturated heterocycles. The van der Waals surface area contributed by atoms with Crippen molar-refractivity contribution in [2.75, 3.05) is 0 Å². The second-order valence-electron chi connectivity index (χ2n) is 4.93. The largest absolute Gasteiger partial charge is 0.346 e. The van der Waals surface area contributed by atoms with Crippen LogP contribution in [0, 0.1) is 5.82 Å². The summed E-state index contributed by atoms with van der Waals surface area (Å²) in [5.41, 5.74) is 0.575. The third-order valence-corrected chi connectivity index (χ3v) is 4.30. The number of nitrogens with two attached hydrogens (primary N) is 1. The Balaban J connectivity index is 2.44. The number of halogens is 1. The molecular weight excluding hydrogens is 279 g/mol. The number of rotatable bonds is 6. The third-order valence-electron chi connectivity index (χ3n) is 3.38. The molecule has 1 heterocycles. The molecule has 0 aliphatic heterocycles. The summed E-state index contributed by atoms with van der Waals surface area (Å²) in [6.07, 6.45) is 5.70. The van der Waals surface area contributed by atoms with E-state index in [0.29, 0.717) is 12.1 Å². The van der Waals surface area contributed by atoms with E-state index in [1.807, 2.05) is 0 Å². The zero-order chi connectivity index (χ0) is 14.8. The Morgan fingerprint density at radius 3 is 2.65 bits per heavy atom. The summed E-state index contributed by atoms with van der Waals surface area (Å²) >= 11 is 0. The Morgan fingerprint density at radius 1 is 1.25 bits per heavy atom. The number of primary sulfonamides is 1. The topological polar surface area (TPSA) is 65.1 Å². The van der Waals surface area contributed by atoms with E-state index in [1.165, 1.54) is 12.3 Å². The minimum atomic E-state index is -3.93. The molecular formula is C14H19FN2O2S. The predicted molar refractivity (Wildman–Crippen MR) is 77.4 cm³/mol. The number of benzene rings is 1. The molecule has 4 nitrogen and oxygen atoms in total. The van der Waals surface area contributed by atoms with Crippen LogP contribution in [0.25, 0.3) is 10.9 Å². The number of unbranched alkanes of at least 4 members (excludes halogenated alkanes) is 3. The second kappa shape index (κ2) is 5.93. The van der Waals surface area contributed by atoms with Gasteiger partial charge in [-0.2, -0.15) is 0 Å². The Labute approximate surface area is 118 Å². The molecule has 0 aliphatic carbocycles. The molecule has 1 aromatic heterocycles. The fraction of sp³-hybridized carbons (Fsp3) is 0.429. The van der Waals surface area contributed by atoms with Crippen molar-refractivity contribution in [1.29, 1.82) is 0 Å². The van der Waals surface area contributed by atoms with Crippen molar-refractivity contribution in [2.24, 2.45) is 5.14 Å². The van der Waals surface area contributed by atoms with Gasteiger partial charge in [-0.05, 0) is 18.6 Å². The molecule has 0 amide bonds. The molecule has 20 heavy (non-hydrogen) atoms. The van der Waals surface area contributed by atoms with Gasteiger partial charge in [0.2, 0.25) is 10.0 Å². The highest BCUT2D eigenvalue weighted by atomic mass is 32.2. The van der Waals surface area contributed by atoms with Crippen molar-refractivity contribution < 1.29 is 12.8 Å². The highest BCUT2D eigenvalue weighted by molar-refractivity contribution is 7.89. The molecule has 2 N–H and O–H groups in total. The van der Waals surface area contributed by atoms with Crippen LogP contribution in [0.15, 0.2) is 29.3 Å². The van der Waals surface area contributed by atoms with Crippen LogP contribution >= 0.6 is 0 Å². The van der Waals surface area contributed by atoms with Gasteiger partial charge in [-0.25, -0.2) is 17.9 Å². The molecule has 0 spiro atoms. The zero-order valence-corrected chi connectivity index (χ0v) is 12.3. The third kappa shape index (κ3) is 3.02. The van der Waals surface area contributed by atoms with Crippen molar-refractivity contribution in [2.45, 2.75) is 44.0 Å². The SMILES string of the molecule is CCCCCCn1cc(S(N)(=O)=O)c2c(F)cccc21. The lowest BCUT2D eigenvalue weighted by atomic mass is 10.2. The van der Waals surface area contributed by atoms with Crippen molar-refractivity contribution in [3.05, 3.63) is 30.2 Å². The fourth-order valence-electron chi connectivity index (χ4n) is 2.38. The average Bonchev–Trinajstić information content (AvgIpc) is 2.75. The number of fused-ring (bicyclic) bond motifs is 1. The maximum atomic E-state index is 13.9. The highest BCUT2D eigenvalue weighted by Crippen LogP contribution is 2.27. The highest BCUT2D eigenvalue weighted by Gasteiger charge is 2.19. The van der Waals surface area contributed by atoms with Gasteiger partial charge >= 0.3 is 0 Å². The Bertz CT molecular complexity index is 707. The van der Waals surface area contributed by atoms with Gasteiger partial charge in [0.1, 0.15) is 10.7 Å². The molecule has 0 saturated carbocycles. The molecule has 0 radical (unpaired) electrons. The monoisotopic (exact) mass is 298 g/mol. The van der Waals surface area contributed by atoms with Gasteiger partial charge in [0.15, 0.2) is 0 Å². The first-order chi connectivity index (χ1) is 9.45. The summed E-state index contributed by atoms with van der Waals surface area (Å²) < 4.78 is 38.8. The lowest BCUT2D eigenvalue weighted by Gasteiger charge is -2.04. The first kappa shape index (κ1) is 15.0. The minimum absolute atomic E-state index is 0.0884. The van der Waals surface area contributed by atoms with Crippen LogP contribution in [-0.2, 0) is 16.6 Å². The van der Waals surface area contributed by atoms with Gasteiger partial charge in [0.05, 0.1) is 10.9 Å². The standard InChI is InChI=1S/C14H19FN2O2S/c1-2-3-4-5-9-17-10-13(20(16,18)19)14-11(15)7-6-8-12(14)17/h6-8,10H,2-5,9H2,1H3,(H2,16,18,19). The Morgan fingerprint density at radius 2 is 2.00 bits per heavy atom. The van der Waals surface area contributed by atoms with E-state index in [2.05, 4.69) is 6.92 Å². The summed E-state index contributed by atoms with van der Waals surface area (Å²) in [7, 11) is -3.93. The summed E-state index contributed by atoms with van der Waals surface area (Å²) in [6, 6.07) is 4.54. The smallest absolute Gasteiger partial charge is 0.240 e. The van der Waals surface area contributed by atoms with E-state index >= 15 is 0 Å². The summed E-state index contributed by atoms with van der Waals surface area (Å²) in [5, 5.41) is 5.26. The number of sulfonamides is 1. The molecule has 0 aliphatic rings. The van der Waals surface area contributed by atoms with Crippen LogP contribution in [0.2, 0.25) is 0 Å². The number of aryl methyl sites for hydroxylation is 1. The van der Waals surface area contributed by atoms with Crippen molar-refractivity contribution in [3.8, 4) is 0 Å². The molecule has 1 aromatic carbocycles. The molecule has 0 fully saturated rings. The number of aromatic nitrogens is 1. The quantitative estimate of drug-likeness (QED) is 0.833. The van der Waals surface area contributed by atoms with Crippen LogP contribution in [0.4, 0.5) is 4.39 Å². The minimum Gasteiger partial charge on any atom is -0.346 e. The van der Waals surface area contributed by atoms with Crippen LogP contribution in [-0.4, -0.2) is 13.0 Å². The zero-order valence-electron chi connectivity index (χ0n) is 11.5. The maximum absolute atomic E-state index is 13.9. The predicted octanol–water partition coefficient (Wildman–Crippen LogP) is 3.01. The number of nitrogens with zero attached hydrogens (tertiary/aromatic N) is 1. The van der Waals surface area contributed by atoms with Gasteiger partial charge in [0.25, 0.3) is 0 Å². The normalized spacial score (nSPS) is 12.2. The van der Waals surface area contributed by atoms with Crippen LogP contribution < -0.4 is 5.14 Å². The first-order valence-electron chi connectivity index (χ1n) is 6.75. The van der Waals surface area contributed by atoms with Gasteiger partial charge < -0.3 is 4.57 Å². The first-order valence-corrected chi connectivity index (χ1v) is 8.30. The lowest BCUT2D eigenvalue weighted by Crippen LogP contribution is -2.12. The van der Waals surface area contributed by atoms with E-state index in [4.69, 9.17) is 5.14 Å². The molecule has 0 atom stereocenters. The van der Waals surface area contributed by atoms with Gasteiger partial charge in [-0.1, -0.05) is 32.3 Å². The van der Waals surface area contributed by atoms with Crippen molar-refractivity contribution in [3.63, 3.8) is 0 Å². The molecule has 110 valence electrons. The van der Waals surface area contributed by atoms with Crippen molar-refractivity contribution in [1.82, 2.24) is 4.57 Å². The van der Waals surface area contributed by atoms with E-state index < -0.39 is 15.8 Å². The molecule has 2 aromatic rings. The lowest BCUT2D eigenvalue weighted by molar-refractivity contribution is 0.587. The fourth-order valence-corrected chi connectivity index (χ4v) is 3.14. The molecule has 0 bridgehead atoms. The van der Waals surface area contributed by atoms with Crippen LogP contribution in [0.1, 0.15) is 32.6 Å². The molecule has 2 rings (SSSR count).